The second-order valence-electron chi connectivity index (χ2n) is 7.33. The standard InChI is InChI=1S/C23H21N5O3S/c1-16-3-11-20(12-4-16)28-15-22(25-27-28)23(29)24-18-7-9-19(10-8-18)26-32(30,31)21-13-5-17(2)6-14-21/h3-15,26H,1-2H3,(H,24,29). The summed E-state index contributed by atoms with van der Waals surface area (Å²) < 4.78 is 29.1. The Hall–Kier alpha value is -3.98. The lowest BCUT2D eigenvalue weighted by Crippen LogP contribution is -2.14. The zero-order valence-electron chi connectivity index (χ0n) is 17.5. The summed E-state index contributed by atoms with van der Waals surface area (Å²) in [4.78, 5) is 12.7. The number of benzene rings is 3. The van der Waals surface area contributed by atoms with Gasteiger partial charge in [0.25, 0.3) is 15.9 Å². The van der Waals surface area contributed by atoms with E-state index < -0.39 is 15.9 Å². The summed E-state index contributed by atoms with van der Waals surface area (Å²) in [5.41, 5.74) is 3.94. The van der Waals surface area contributed by atoms with E-state index in [0.29, 0.717) is 11.4 Å². The monoisotopic (exact) mass is 447 g/mol. The molecule has 2 N–H and O–H groups in total. The number of nitrogens with one attached hydrogen (secondary N) is 2. The van der Waals surface area contributed by atoms with Gasteiger partial charge in [-0.3, -0.25) is 9.52 Å². The van der Waals surface area contributed by atoms with Crippen LogP contribution in [0.1, 0.15) is 21.6 Å². The Morgan fingerprint density at radius 3 is 2.00 bits per heavy atom. The Morgan fingerprint density at radius 2 is 1.38 bits per heavy atom. The number of anilines is 2. The molecule has 0 aliphatic heterocycles. The molecular formula is C23H21N5O3S. The fraction of sp³-hybridized carbons (Fsp3) is 0.0870. The molecule has 8 nitrogen and oxygen atoms in total. The third-order valence-electron chi connectivity index (χ3n) is 4.75. The van der Waals surface area contributed by atoms with E-state index in [1.54, 1.807) is 54.7 Å². The quantitative estimate of drug-likeness (QED) is 0.466. The van der Waals surface area contributed by atoms with Gasteiger partial charge in [-0.2, -0.15) is 0 Å². The first-order valence-corrected chi connectivity index (χ1v) is 11.3. The predicted octanol–water partition coefficient (Wildman–Crippen LogP) is 3.94. The van der Waals surface area contributed by atoms with E-state index in [2.05, 4.69) is 20.4 Å². The van der Waals surface area contributed by atoms with Crippen molar-refractivity contribution >= 4 is 27.3 Å². The lowest BCUT2D eigenvalue weighted by atomic mass is 10.2. The van der Waals surface area contributed by atoms with Crippen LogP contribution in [-0.2, 0) is 10.0 Å². The second-order valence-corrected chi connectivity index (χ2v) is 9.02. The van der Waals surface area contributed by atoms with Crippen molar-refractivity contribution in [2.24, 2.45) is 0 Å². The van der Waals surface area contributed by atoms with Crippen LogP contribution in [0.15, 0.2) is 83.9 Å². The van der Waals surface area contributed by atoms with Gasteiger partial charge in [0.1, 0.15) is 0 Å². The van der Waals surface area contributed by atoms with Gasteiger partial charge in [-0.05, 0) is 62.4 Å². The molecule has 0 spiro atoms. The Labute approximate surface area is 186 Å². The number of sulfonamides is 1. The maximum Gasteiger partial charge on any atom is 0.277 e. The highest BCUT2D eigenvalue weighted by molar-refractivity contribution is 7.92. The number of carbonyl (C=O) groups excluding carboxylic acids is 1. The van der Waals surface area contributed by atoms with Crippen LogP contribution in [0.25, 0.3) is 5.69 Å². The zero-order valence-corrected chi connectivity index (χ0v) is 18.3. The van der Waals surface area contributed by atoms with Crippen LogP contribution in [0, 0.1) is 13.8 Å². The first-order chi connectivity index (χ1) is 15.3. The van der Waals surface area contributed by atoms with Gasteiger partial charge in [-0.15, -0.1) is 5.10 Å². The largest absolute Gasteiger partial charge is 0.321 e. The van der Waals surface area contributed by atoms with Crippen LogP contribution >= 0.6 is 0 Å². The second kappa shape index (κ2) is 8.64. The van der Waals surface area contributed by atoms with Crippen LogP contribution in [0.4, 0.5) is 11.4 Å². The molecule has 3 aromatic carbocycles. The van der Waals surface area contributed by atoms with Crippen molar-refractivity contribution in [3.63, 3.8) is 0 Å². The molecule has 0 fully saturated rings. The highest BCUT2D eigenvalue weighted by Gasteiger charge is 2.15. The molecule has 0 atom stereocenters. The highest BCUT2D eigenvalue weighted by atomic mass is 32.2. The number of nitrogens with zero attached hydrogens (tertiary/aromatic N) is 3. The average molecular weight is 448 g/mol. The van der Waals surface area contributed by atoms with Gasteiger partial charge in [-0.1, -0.05) is 40.6 Å². The lowest BCUT2D eigenvalue weighted by Gasteiger charge is -2.09. The van der Waals surface area contributed by atoms with Gasteiger partial charge in [-0.25, -0.2) is 13.1 Å². The van der Waals surface area contributed by atoms with Gasteiger partial charge < -0.3 is 5.32 Å². The van der Waals surface area contributed by atoms with Gasteiger partial charge in [0.05, 0.1) is 16.8 Å². The van der Waals surface area contributed by atoms with E-state index in [9.17, 15) is 13.2 Å². The number of aryl methyl sites for hydroxylation is 2. The van der Waals surface area contributed by atoms with Crippen molar-refractivity contribution in [1.29, 1.82) is 0 Å². The molecule has 32 heavy (non-hydrogen) atoms. The number of hydrogen-bond acceptors (Lipinski definition) is 5. The van der Waals surface area contributed by atoms with Crippen LogP contribution in [-0.4, -0.2) is 29.3 Å². The summed E-state index contributed by atoms with van der Waals surface area (Å²) in [5.74, 6) is -0.420. The minimum Gasteiger partial charge on any atom is -0.321 e. The van der Waals surface area contributed by atoms with Gasteiger partial charge in [0, 0.05) is 11.4 Å². The highest BCUT2D eigenvalue weighted by Crippen LogP contribution is 2.19. The molecule has 0 bridgehead atoms. The topological polar surface area (TPSA) is 106 Å². The Morgan fingerprint density at radius 1 is 0.812 bits per heavy atom. The third-order valence-corrected chi connectivity index (χ3v) is 6.15. The van der Waals surface area contributed by atoms with Crippen molar-refractivity contribution in [2.75, 3.05) is 10.0 Å². The number of hydrogen-bond donors (Lipinski definition) is 2. The smallest absolute Gasteiger partial charge is 0.277 e. The number of amides is 1. The van der Waals surface area contributed by atoms with Gasteiger partial charge >= 0.3 is 0 Å². The maximum atomic E-state index is 12.5. The van der Waals surface area contributed by atoms with Gasteiger partial charge in [0.2, 0.25) is 0 Å². The third kappa shape index (κ3) is 4.84. The first kappa shape index (κ1) is 21.3. The molecule has 1 heterocycles. The summed E-state index contributed by atoms with van der Waals surface area (Å²) >= 11 is 0. The van der Waals surface area contributed by atoms with Gasteiger partial charge in [0.15, 0.2) is 5.69 Å². The summed E-state index contributed by atoms with van der Waals surface area (Å²) in [6.45, 7) is 3.88. The van der Waals surface area contributed by atoms with E-state index in [1.165, 1.54) is 4.68 Å². The fourth-order valence-corrected chi connectivity index (χ4v) is 4.00. The van der Waals surface area contributed by atoms with Crippen molar-refractivity contribution in [3.05, 3.63) is 95.8 Å². The minimum absolute atomic E-state index is 0.162. The molecular weight excluding hydrogens is 426 g/mol. The first-order valence-electron chi connectivity index (χ1n) is 9.80. The molecule has 0 aliphatic rings. The molecule has 1 amide bonds. The van der Waals surface area contributed by atoms with Crippen LogP contribution in [0.3, 0.4) is 0 Å². The minimum atomic E-state index is -3.69. The van der Waals surface area contributed by atoms with Crippen molar-refractivity contribution in [3.8, 4) is 5.69 Å². The lowest BCUT2D eigenvalue weighted by molar-refractivity contribution is 0.102. The van der Waals surface area contributed by atoms with E-state index in [1.807, 2.05) is 38.1 Å². The summed E-state index contributed by atoms with van der Waals surface area (Å²) in [6, 6.07) is 20.6. The molecule has 0 unspecified atom stereocenters. The van der Waals surface area contributed by atoms with E-state index in [4.69, 9.17) is 0 Å². The van der Waals surface area contributed by atoms with Crippen molar-refractivity contribution in [2.45, 2.75) is 18.7 Å². The van der Waals surface area contributed by atoms with Crippen molar-refractivity contribution < 1.29 is 13.2 Å². The van der Waals surface area contributed by atoms with Crippen LogP contribution in [0.5, 0.6) is 0 Å². The average Bonchev–Trinajstić information content (AvgIpc) is 3.26. The predicted molar refractivity (Wildman–Crippen MR) is 122 cm³/mol. The van der Waals surface area contributed by atoms with E-state index in [-0.39, 0.29) is 10.6 Å². The maximum absolute atomic E-state index is 12.5. The molecule has 9 heteroatoms. The summed E-state index contributed by atoms with van der Waals surface area (Å²) in [6.07, 6.45) is 1.55. The molecule has 4 rings (SSSR count). The van der Waals surface area contributed by atoms with E-state index in [0.717, 1.165) is 16.8 Å². The number of carbonyl (C=O) groups is 1. The SMILES string of the molecule is Cc1ccc(-n2cc(C(=O)Nc3ccc(NS(=O)(=O)c4ccc(C)cc4)cc3)nn2)cc1. The van der Waals surface area contributed by atoms with Crippen LogP contribution in [0.2, 0.25) is 0 Å². The fourth-order valence-electron chi connectivity index (χ4n) is 2.94. The number of rotatable bonds is 6. The molecule has 0 saturated carbocycles. The Kier molecular flexibility index (Phi) is 5.74. The summed E-state index contributed by atoms with van der Waals surface area (Å²) in [7, 11) is -3.69. The van der Waals surface area contributed by atoms with Crippen molar-refractivity contribution in [1.82, 2.24) is 15.0 Å². The Bertz CT molecular complexity index is 1340. The van der Waals surface area contributed by atoms with Crippen LogP contribution < -0.4 is 10.0 Å². The number of aromatic nitrogens is 3. The molecule has 0 radical (unpaired) electrons. The molecule has 162 valence electrons. The molecule has 0 aliphatic carbocycles. The van der Waals surface area contributed by atoms with E-state index >= 15 is 0 Å². The zero-order chi connectivity index (χ0) is 22.7. The molecule has 1 aromatic heterocycles. The summed E-state index contributed by atoms with van der Waals surface area (Å²) in [5, 5.41) is 10.7. The normalized spacial score (nSPS) is 11.2. The molecule has 4 aromatic rings. The Balaban J connectivity index is 1.42. The molecule has 0 saturated heterocycles.